The average Bonchev–Trinajstić information content (AvgIpc) is 2.23. The summed E-state index contributed by atoms with van der Waals surface area (Å²) in [6.07, 6.45) is -15.7. The first-order valence-corrected chi connectivity index (χ1v) is 4.85. The smallest absolute Gasteiger partial charge is 0.316 e. The molecule has 1 atom stereocenters. The van der Waals surface area contributed by atoms with Gasteiger partial charge in [-0.2, -0.15) is 39.5 Å². The maximum absolute atomic E-state index is 12.6. The van der Waals surface area contributed by atoms with Crippen molar-refractivity contribution in [3.05, 3.63) is 34.9 Å². The predicted octanol–water partition coefficient (Wildman–Crippen LogP) is 4.71. The zero-order valence-electron chi connectivity index (χ0n) is 9.70. The molecule has 1 aromatic carbocycles. The van der Waals surface area contributed by atoms with Gasteiger partial charge in [-0.05, 0) is 17.7 Å². The van der Waals surface area contributed by atoms with Crippen molar-refractivity contribution in [2.24, 2.45) is 5.73 Å². The topological polar surface area (TPSA) is 26.0 Å². The van der Waals surface area contributed by atoms with Crippen LogP contribution in [0.25, 0.3) is 0 Å². The number of benzene rings is 1. The van der Waals surface area contributed by atoms with Crippen LogP contribution in [0.1, 0.15) is 22.7 Å². The molecule has 11 heteroatoms. The summed E-state index contributed by atoms with van der Waals surface area (Å²) in [5.41, 5.74) is -0.602. The molecule has 1 rings (SSSR count). The molecule has 21 heavy (non-hydrogen) atoms. The number of nitrogens with two attached hydrogens (primary N) is 1. The van der Waals surface area contributed by atoms with Crippen molar-refractivity contribution in [3.63, 3.8) is 0 Å². The second-order valence-corrected chi connectivity index (χ2v) is 3.82. The zero-order chi connectivity index (χ0) is 15.9. The highest BCUT2D eigenvalue weighted by Gasteiger charge is 2.45. The molecule has 0 unspecified atom stereocenters. The maximum atomic E-state index is 12.6. The lowest BCUT2D eigenvalue weighted by Crippen LogP contribution is -2.31. The SMILES string of the molecule is Cl.N[C@H](c1ccc(C(F)(F)F)cc1C(F)(F)F)C(F)(F)F. The van der Waals surface area contributed by atoms with Crippen molar-refractivity contribution in [2.45, 2.75) is 24.6 Å². The Morgan fingerprint density at radius 2 is 1.29 bits per heavy atom. The van der Waals surface area contributed by atoms with E-state index in [2.05, 4.69) is 5.73 Å². The monoisotopic (exact) mass is 347 g/mol. The predicted molar refractivity (Wildman–Crippen MR) is 56.7 cm³/mol. The fraction of sp³-hybridized carbons (Fsp3) is 0.400. The molecule has 0 aromatic heterocycles. The van der Waals surface area contributed by atoms with E-state index in [0.29, 0.717) is 0 Å². The molecule has 0 saturated heterocycles. The summed E-state index contributed by atoms with van der Waals surface area (Å²) in [4.78, 5) is 0. The highest BCUT2D eigenvalue weighted by Crippen LogP contribution is 2.41. The third-order valence-electron chi connectivity index (χ3n) is 2.37. The van der Waals surface area contributed by atoms with Gasteiger partial charge >= 0.3 is 18.5 Å². The minimum atomic E-state index is -5.39. The van der Waals surface area contributed by atoms with E-state index in [1.807, 2.05) is 0 Å². The van der Waals surface area contributed by atoms with Gasteiger partial charge in [0.05, 0.1) is 11.1 Å². The van der Waals surface area contributed by atoms with Gasteiger partial charge in [-0.15, -0.1) is 12.4 Å². The highest BCUT2D eigenvalue weighted by atomic mass is 35.5. The summed E-state index contributed by atoms with van der Waals surface area (Å²) < 4.78 is 112. The van der Waals surface area contributed by atoms with Crippen LogP contribution in [0.3, 0.4) is 0 Å². The molecule has 2 N–H and O–H groups in total. The standard InChI is InChI=1S/C10H6F9N.ClH/c11-8(12,13)4-1-2-5(7(20)10(17,18)19)6(3-4)9(14,15)16;/h1-3,7H,20H2;1H/t7-;/m1./s1. The number of halogens is 10. The second-order valence-electron chi connectivity index (χ2n) is 3.82. The quantitative estimate of drug-likeness (QED) is 0.732. The molecule has 0 bridgehead atoms. The fourth-order valence-electron chi connectivity index (χ4n) is 1.43. The Kier molecular flexibility index (Phi) is 5.59. The summed E-state index contributed by atoms with van der Waals surface area (Å²) in [5.74, 6) is 0. The molecule has 0 saturated carbocycles. The summed E-state index contributed by atoms with van der Waals surface area (Å²) in [7, 11) is 0. The number of rotatable bonds is 1. The van der Waals surface area contributed by atoms with E-state index in [4.69, 9.17) is 0 Å². The fourth-order valence-corrected chi connectivity index (χ4v) is 1.43. The summed E-state index contributed by atoms with van der Waals surface area (Å²) in [6, 6.07) is -3.21. The van der Waals surface area contributed by atoms with Crippen LogP contribution in [0, 0.1) is 0 Å². The van der Waals surface area contributed by atoms with Crippen LogP contribution >= 0.6 is 12.4 Å². The average molecular weight is 348 g/mol. The molecule has 1 nitrogen and oxygen atoms in total. The van der Waals surface area contributed by atoms with Gasteiger partial charge in [0.1, 0.15) is 6.04 Å². The number of hydrogen-bond donors (Lipinski definition) is 1. The van der Waals surface area contributed by atoms with Gasteiger partial charge < -0.3 is 5.73 Å². The Bertz CT molecular complexity index is 489. The van der Waals surface area contributed by atoms with E-state index in [-0.39, 0.29) is 30.6 Å². The van der Waals surface area contributed by atoms with Gasteiger partial charge in [0.15, 0.2) is 0 Å². The van der Waals surface area contributed by atoms with Gasteiger partial charge in [-0.25, -0.2) is 0 Å². The van der Waals surface area contributed by atoms with E-state index in [9.17, 15) is 39.5 Å². The van der Waals surface area contributed by atoms with Crippen LogP contribution in [-0.4, -0.2) is 6.18 Å². The Morgan fingerprint density at radius 3 is 1.62 bits per heavy atom. The third-order valence-corrected chi connectivity index (χ3v) is 2.37. The van der Waals surface area contributed by atoms with Crippen molar-refractivity contribution < 1.29 is 39.5 Å². The molecule has 0 amide bonds. The summed E-state index contributed by atoms with van der Waals surface area (Å²) >= 11 is 0. The molecule has 0 aliphatic carbocycles. The molecule has 122 valence electrons. The van der Waals surface area contributed by atoms with Crippen molar-refractivity contribution in [2.75, 3.05) is 0 Å². The molecule has 0 aliphatic heterocycles. The second kappa shape index (κ2) is 5.91. The minimum absolute atomic E-state index is 0. The molecule has 0 heterocycles. The number of alkyl halides is 9. The van der Waals surface area contributed by atoms with Gasteiger partial charge in [-0.3, -0.25) is 0 Å². The van der Waals surface area contributed by atoms with Crippen molar-refractivity contribution >= 4 is 12.4 Å². The van der Waals surface area contributed by atoms with E-state index < -0.39 is 41.3 Å². The lowest BCUT2D eigenvalue weighted by atomic mass is 9.97. The van der Waals surface area contributed by atoms with E-state index in [0.717, 1.165) is 0 Å². The lowest BCUT2D eigenvalue weighted by Gasteiger charge is -2.21. The Hall–Kier alpha value is -1.16. The van der Waals surface area contributed by atoms with Gasteiger partial charge in [0.2, 0.25) is 0 Å². The summed E-state index contributed by atoms with van der Waals surface area (Å²) in [6.45, 7) is 0. The Morgan fingerprint density at radius 1 is 0.810 bits per heavy atom. The number of hydrogen-bond acceptors (Lipinski definition) is 1. The maximum Gasteiger partial charge on any atom is 0.416 e. The van der Waals surface area contributed by atoms with Gasteiger partial charge in [-0.1, -0.05) is 6.07 Å². The van der Waals surface area contributed by atoms with Gasteiger partial charge in [0, 0.05) is 0 Å². The first kappa shape index (κ1) is 19.8. The van der Waals surface area contributed by atoms with Crippen molar-refractivity contribution in [3.8, 4) is 0 Å². The summed E-state index contributed by atoms with van der Waals surface area (Å²) in [5, 5.41) is 0. The van der Waals surface area contributed by atoms with Gasteiger partial charge in [0.25, 0.3) is 0 Å². The van der Waals surface area contributed by atoms with Crippen molar-refractivity contribution in [1.82, 2.24) is 0 Å². The molecular weight excluding hydrogens is 341 g/mol. The van der Waals surface area contributed by atoms with Crippen LogP contribution in [0.15, 0.2) is 18.2 Å². The molecule has 0 aliphatic rings. The zero-order valence-corrected chi connectivity index (χ0v) is 10.5. The molecular formula is C10H7ClF9N. The Labute approximate surface area is 118 Å². The van der Waals surface area contributed by atoms with E-state index in [1.165, 1.54) is 0 Å². The Balaban J connectivity index is 0.00000400. The first-order chi connectivity index (χ1) is 8.74. The van der Waals surface area contributed by atoms with Crippen LogP contribution < -0.4 is 5.73 Å². The first-order valence-electron chi connectivity index (χ1n) is 4.85. The molecule has 0 radical (unpaired) electrons. The molecule has 0 spiro atoms. The normalized spacial score (nSPS) is 14.6. The lowest BCUT2D eigenvalue weighted by molar-refractivity contribution is -0.156. The highest BCUT2D eigenvalue weighted by molar-refractivity contribution is 5.85. The van der Waals surface area contributed by atoms with Crippen LogP contribution in [0.2, 0.25) is 0 Å². The third kappa shape index (κ3) is 4.67. The van der Waals surface area contributed by atoms with Crippen LogP contribution in [0.4, 0.5) is 39.5 Å². The molecule has 0 fully saturated rings. The molecule has 1 aromatic rings. The minimum Gasteiger partial charge on any atom is -0.316 e. The van der Waals surface area contributed by atoms with Crippen molar-refractivity contribution in [1.29, 1.82) is 0 Å². The van der Waals surface area contributed by atoms with E-state index in [1.54, 1.807) is 0 Å². The van der Waals surface area contributed by atoms with Crippen LogP contribution in [-0.2, 0) is 12.4 Å². The van der Waals surface area contributed by atoms with Crippen LogP contribution in [0.5, 0.6) is 0 Å². The van der Waals surface area contributed by atoms with E-state index >= 15 is 0 Å². The largest absolute Gasteiger partial charge is 0.416 e.